The lowest BCUT2D eigenvalue weighted by Crippen LogP contribution is -2.48. The van der Waals surface area contributed by atoms with Crippen molar-refractivity contribution in [2.75, 3.05) is 40.0 Å². The topological polar surface area (TPSA) is 105 Å². The van der Waals surface area contributed by atoms with Crippen molar-refractivity contribution < 1.29 is 29.0 Å². The monoisotopic (exact) mass is 480 g/mol. The summed E-state index contributed by atoms with van der Waals surface area (Å²) in [6.45, 7) is 1.52. The van der Waals surface area contributed by atoms with Crippen LogP contribution in [0, 0.1) is 5.41 Å². The zero-order valence-corrected chi connectivity index (χ0v) is 20.0. The average molecular weight is 481 g/mol. The number of carbonyl (C=O) groups is 3. The second kappa shape index (κ2) is 10.9. The first-order chi connectivity index (χ1) is 16.9. The fraction of sp³-hybridized carbons (Fsp3) is 0.444. The third kappa shape index (κ3) is 5.32. The molecular formula is C27H32N2O6. The van der Waals surface area contributed by atoms with Gasteiger partial charge in [-0.2, -0.15) is 0 Å². The number of carboxylic acid groups (broad SMARTS) is 1. The predicted octanol–water partition coefficient (Wildman–Crippen LogP) is 3.65. The van der Waals surface area contributed by atoms with Crippen LogP contribution in [-0.4, -0.2) is 67.9 Å². The molecule has 0 unspecified atom stereocenters. The fourth-order valence-corrected chi connectivity index (χ4v) is 5.12. The number of carbonyl (C=O) groups excluding carboxylic acids is 2. The molecule has 1 fully saturated rings. The lowest BCUT2D eigenvalue weighted by molar-refractivity contribution is -0.158. The van der Waals surface area contributed by atoms with Crippen LogP contribution in [0.15, 0.2) is 48.5 Å². The Balaban J connectivity index is 1.18. The van der Waals surface area contributed by atoms with Gasteiger partial charge in [-0.3, -0.25) is 9.59 Å². The number of nitrogens with zero attached hydrogens (tertiary/aromatic N) is 1. The molecule has 2 aromatic carbocycles. The summed E-state index contributed by atoms with van der Waals surface area (Å²) in [5, 5.41) is 12.3. The Bertz CT molecular complexity index is 1030. The molecule has 0 spiro atoms. The average Bonchev–Trinajstić information content (AvgIpc) is 3.19. The highest BCUT2D eigenvalue weighted by molar-refractivity contribution is 5.79. The number of carboxylic acids is 1. The molecule has 8 nitrogen and oxygen atoms in total. The molecule has 1 heterocycles. The van der Waals surface area contributed by atoms with E-state index in [0.29, 0.717) is 38.9 Å². The number of rotatable bonds is 9. The molecule has 2 amide bonds. The molecule has 0 atom stereocenters. The van der Waals surface area contributed by atoms with Crippen LogP contribution in [0.1, 0.15) is 42.7 Å². The summed E-state index contributed by atoms with van der Waals surface area (Å²) in [7, 11) is 1.49. The third-order valence-corrected chi connectivity index (χ3v) is 7.13. The number of amides is 2. The van der Waals surface area contributed by atoms with Crippen molar-refractivity contribution in [1.82, 2.24) is 10.2 Å². The van der Waals surface area contributed by atoms with E-state index in [2.05, 4.69) is 29.6 Å². The number of aliphatic carboxylic acids is 1. The zero-order chi connectivity index (χ0) is 24.8. The van der Waals surface area contributed by atoms with Gasteiger partial charge in [0.2, 0.25) is 5.91 Å². The van der Waals surface area contributed by atoms with Crippen molar-refractivity contribution >= 4 is 18.0 Å². The minimum absolute atomic E-state index is 0.00450. The van der Waals surface area contributed by atoms with Gasteiger partial charge in [-0.15, -0.1) is 0 Å². The maximum Gasteiger partial charge on any atom is 0.407 e. The number of nitrogens with one attached hydrogen (secondary N) is 1. The molecule has 1 aliphatic heterocycles. The van der Waals surface area contributed by atoms with Gasteiger partial charge in [-0.05, 0) is 41.5 Å². The Labute approximate surface area is 205 Å². The van der Waals surface area contributed by atoms with Crippen molar-refractivity contribution in [2.24, 2.45) is 5.41 Å². The molecule has 2 N–H and O–H groups in total. The van der Waals surface area contributed by atoms with Gasteiger partial charge in [0.1, 0.15) is 6.61 Å². The van der Waals surface area contributed by atoms with Gasteiger partial charge in [-0.1, -0.05) is 48.5 Å². The van der Waals surface area contributed by atoms with Gasteiger partial charge in [0.05, 0.1) is 12.0 Å². The van der Waals surface area contributed by atoms with Crippen LogP contribution in [0.2, 0.25) is 0 Å². The molecule has 0 bridgehead atoms. The molecule has 4 rings (SSSR count). The summed E-state index contributed by atoms with van der Waals surface area (Å²) >= 11 is 0. The second-order valence-corrected chi connectivity index (χ2v) is 9.26. The van der Waals surface area contributed by atoms with E-state index in [9.17, 15) is 19.5 Å². The molecule has 8 heteroatoms. The number of alkyl carbamates (subject to hydrolysis) is 1. The summed E-state index contributed by atoms with van der Waals surface area (Å²) in [6.07, 6.45) is 1.03. The van der Waals surface area contributed by atoms with Crippen LogP contribution in [0.4, 0.5) is 4.79 Å². The molecule has 2 aliphatic rings. The van der Waals surface area contributed by atoms with E-state index in [1.807, 2.05) is 24.3 Å². The van der Waals surface area contributed by atoms with Gasteiger partial charge >= 0.3 is 12.1 Å². The quantitative estimate of drug-likeness (QED) is 0.531. The fourth-order valence-electron chi connectivity index (χ4n) is 5.12. The van der Waals surface area contributed by atoms with Crippen LogP contribution in [0.5, 0.6) is 0 Å². The maximum absolute atomic E-state index is 12.5. The van der Waals surface area contributed by atoms with Crippen molar-refractivity contribution in [3.8, 4) is 11.1 Å². The normalized spacial score (nSPS) is 16.3. The van der Waals surface area contributed by atoms with E-state index in [1.165, 1.54) is 18.2 Å². The van der Waals surface area contributed by atoms with Crippen molar-refractivity contribution in [3.63, 3.8) is 0 Å². The Morgan fingerprint density at radius 1 is 1.03 bits per heavy atom. The highest BCUT2D eigenvalue weighted by Gasteiger charge is 2.42. The van der Waals surface area contributed by atoms with Gasteiger partial charge in [0.25, 0.3) is 0 Å². The summed E-state index contributed by atoms with van der Waals surface area (Å²) in [5.74, 6) is -0.903. The Hall–Kier alpha value is -3.39. The van der Waals surface area contributed by atoms with E-state index in [-0.39, 0.29) is 31.5 Å². The molecule has 1 saturated heterocycles. The molecule has 0 radical (unpaired) electrons. The maximum atomic E-state index is 12.5. The van der Waals surface area contributed by atoms with Crippen LogP contribution < -0.4 is 5.32 Å². The number of fused-ring (bicyclic) bond motifs is 3. The molecular weight excluding hydrogens is 448 g/mol. The molecule has 35 heavy (non-hydrogen) atoms. The number of methoxy groups -OCH3 is 1. The Kier molecular flexibility index (Phi) is 7.70. The molecule has 2 aromatic rings. The third-order valence-electron chi connectivity index (χ3n) is 7.13. The Morgan fingerprint density at radius 2 is 1.63 bits per heavy atom. The van der Waals surface area contributed by atoms with Crippen LogP contribution in [0.3, 0.4) is 0 Å². The lowest BCUT2D eigenvalue weighted by atomic mass is 9.79. The molecule has 0 saturated carbocycles. The van der Waals surface area contributed by atoms with Gasteiger partial charge in [0, 0.05) is 39.1 Å². The lowest BCUT2D eigenvalue weighted by Gasteiger charge is -2.38. The van der Waals surface area contributed by atoms with Crippen LogP contribution in [-0.2, 0) is 19.1 Å². The van der Waals surface area contributed by atoms with E-state index in [4.69, 9.17) is 9.47 Å². The number of benzene rings is 2. The van der Waals surface area contributed by atoms with E-state index >= 15 is 0 Å². The van der Waals surface area contributed by atoms with Gasteiger partial charge in [-0.25, -0.2) is 4.79 Å². The second-order valence-electron chi connectivity index (χ2n) is 9.26. The zero-order valence-electron chi connectivity index (χ0n) is 20.0. The molecule has 0 aromatic heterocycles. The summed E-state index contributed by atoms with van der Waals surface area (Å²) < 4.78 is 10.6. The van der Waals surface area contributed by atoms with Crippen LogP contribution >= 0.6 is 0 Å². The Morgan fingerprint density at radius 3 is 2.20 bits per heavy atom. The predicted molar refractivity (Wildman–Crippen MR) is 130 cm³/mol. The van der Waals surface area contributed by atoms with Crippen molar-refractivity contribution in [1.29, 1.82) is 0 Å². The number of ether oxygens (including phenoxy) is 2. The summed E-state index contributed by atoms with van der Waals surface area (Å²) in [4.78, 5) is 38.1. The van der Waals surface area contributed by atoms with Gasteiger partial charge < -0.3 is 24.8 Å². The summed E-state index contributed by atoms with van der Waals surface area (Å²) in [5.41, 5.74) is 3.75. The smallest absolute Gasteiger partial charge is 0.407 e. The largest absolute Gasteiger partial charge is 0.481 e. The highest BCUT2D eigenvalue weighted by Crippen LogP contribution is 2.44. The van der Waals surface area contributed by atoms with Crippen molar-refractivity contribution in [3.05, 3.63) is 59.7 Å². The molecule has 1 aliphatic carbocycles. The van der Waals surface area contributed by atoms with E-state index in [0.717, 1.165) is 11.1 Å². The van der Waals surface area contributed by atoms with Crippen molar-refractivity contribution in [2.45, 2.75) is 31.6 Å². The van der Waals surface area contributed by atoms with Gasteiger partial charge in [0.15, 0.2) is 0 Å². The summed E-state index contributed by atoms with van der Waals surface area (Å²) in [6, 6.07) is 16.3. The van der Waals surface area contributed by atoms with Crippen LogP contribution in [0.25, 0.3) is 11.1 Å². The first-order valence-corrected chi connectivity index (χ1v) is 12.0. The number of hydrogen-bond donors (Lipinski definition) is 2. The first-order valence-electron chi connectivity index (χ1n) is 12.0. The first kappa shape index (κ1) is 24.7. The highest BCUT2D eigenvalue weighted by atomic mass is 16.5. The number of piperidine rings is 1. The number of likely N-dealkylation sites (tertiary alicyclic amines) is 1. The SMILES string of the molecule is COCC1(C(=O)O)CCN(C(=O)CCCNC(=O)OCC2c3ccccc3-c3ccccc32)CC1. The number of hydrogen-bond acceptors (Lipinski definition) is 5. The standard InChI is InChI=1S/C27H32N2O6/c1-34-18-27(25(31)32)12-15-29(16-13-27)24(30)11-6-14-28-26(33)35-17-23-21-9-4-2-7-19(21)20-8-3-5-10-22(20)23/h2-5,7-10,23H,6,11-18H2,1H3,(H,28,33)(H,31,32). The van der Waals surface area contributed by atoms with E-state index in [1.54, 1.807) is 4.90 Å². The molecule has 186 valence electrons. The minimum atomic E-state index is -0.919. The minimum Gasteiger partial charge on any atom is -0.481 e. The van der Waals surface area contributed by atoms with E-state index < -0.39 is 17.5 Å².